The largest absolute Gasteiger partial charge is 0.355 e. The van der Waals surface area contributed by atoms with Crippen molar-refractivity contribution in [3.8, 4) is 0 Å². The van der Waals surface area contributed by atoms with Crippen LogP contribution in [-0.2, 0) is 16.0 Å². The molecule has 4 rings (SSSR count). The number of hydrogen-bond acceptors (Lipinski definition) is 4. The van der Waals surface area contributed by atoms with Crippen molar-refractivity contribution in [3.05, 3.63) is 83.9 Å². The van der Waals surface area contributed by atoms with Crippen LogP contribution in [0.25, 0.3) is 10.8 Å². The van der Waals surface area contributed by atoms with Crippen LogP contribution in [0.1, 0.15) is 23.6 Å². The molecule has 3 aromatic carbocycles. The van der Waals surface area contributed by atoms with Crippen LogP contribution in [0.15, 0.2) is 72.8 Å². The quantitative estimate of drug-likeness (QED) is 0.484. The molecule has 2 N–H and O–H groups in total. The zero-order valence-corrected chi connectivity index (χ0v) is 19.9. The van der Waals surface area contributed by atoms with Crippen LogP contribution < -0.4 is 10.6 Å². The number of piperazine rings is 1. The highest BCUT2D eigenvalue weighted by Gasteiger charge is 2.25. The summed E-state index contributed by atoms with van der Waals surface area (Å²) in [4.78, 5) is 29.5. The lowest BCUT2D eigenvalue weighted by Gasteiger charge is -2.40. The van der Waals surface area contributed by atoms with Gasteiger partial charge in [-0.3, -0.25) is 14.5 Å². The Morgan fingerprint density at radius 1 is 0.882 bits per heavy atom. The molecular weight excluding hydrogens is 424 g/mol. The smallest absolute Gasteiger partial charge is 0.239 e. The third-order valence-electron chi connectivity index (χ3n) is 6.50. The molecule has 3 aromatic rings. The monoisotopic (exact) mass is 458 g/mol. The molecule has 1 fully saturated rings. The zero-order valence-electron chi connectivity index (χ0n) is 19.9. The van der Waals surface area contributed by atoms with Gasteiger partial charge in [-0.15, -0.1) is 0 Å². The molecule has 178 valence electrons. The van der Waals surface area contributed by atoms with E-state index >= 15 is 0 Å². The molecule has 6 heteroatoms. The summed E-state index contributed by atoms with van der Waals surface area (Å²) < 4.78 is 0. The Bertz CT molecular complexity index is 1100. The molecule has 1 saturated heterocycles. The molecule has 1 aliphatic heterocycles. The minimum atomic E-state index is -0.149. The van der Waals surface area contributed by atoms with Gasteiger partial charge in [0.05, 0.1) is 13.0 Å². The van der Waals surface area contributed by atoms with E-state index in [-0.39, 0.29) is 24.8 Å². The highest BCUT2D eigenvalue weighted by atomic mass is 16.2. The second kappa shape index (κ2) is 11.8. The number of carbonyl (C=O) groups is 2. The normalized spacial score (nSPS) is 16.9. The van der Waals surface area contributed by atoms with Gasteiger partial charge in [0.25, 0.3) is 0 Å². The second-order valence-corrected chi connectivity index (χ2v) is 9.02. The third kappa shape index (κ3) is 6.43. The SMILES string of the molecule is CN1CCN(CCCNC(=O)CNC(=O)Cc2cccc3ccccc23)C(c2ccccc2)C1. The predicted molar refractivity (Wildman–Crippen MR) is 137 cm³/mol. The van der Waals surface area contributed by atoms with Crippen molar-refractivity contribution in [2.75, 3.05) is 46.3 Å². The minimum absolute atomic E-state index is 0.00471. The number of benzene rings is 3. The molecule has 1 heterocycles. The first-order valence-corrected chi connectivity index (χ1v) is 12.1. The van der Waals surface area contributed by atoms with E-state index in [1.165, 1.54) is 5.56 Å². The number of hydrogen-bond donors (Lipinski definition) is 2. The van der Waals surface area contributed by atoms with Crippen molar-refractivity contribution < 1.29 is 9.59 Å². The van der Waals surface area contributed by atoms with Crippen LogP contribution in [0.2, 0.25) is 0 Å². The van der Waals surface area contributed by atoms with Gasteiger partial charge in [0, 0.05) is 38.8 Å². The van der Waals surface area contributed by atoms with E-state index in [0.717, 1.165) is 48.9 Å². The molecule has 0 bridgehead atoms. The standard InChI is InChI=1S/C28H34N4O2/c1-31-17-18-32(26(21-31)23-10-3-2-4-11-23)16-8-15-29-28(34)20-30-27(33)19-24-13-7-12-22-9-5-6-14-25(22)24/h2-7,9-14,26H,8,15-21H2,1H3,(H,29,34)(H,30,33). The first kappa shape index (κ1) is 23.9. The molecule has 1 unspecified atom stereocenters. The van der Waals surface area contributed by atoms with Gasteiger partial charge in [0.2, 0.25) is 11.8 Å². The molecule has 0 spiro atoms. The summed E-state index contributed by atoms with van der Waals surface area (Å²) in [6.07, 6.45) is 1.14. The average Bonchev–Trinajstić information content (AvgIpc) is 2.87. The summed E-state index contributed by atoms with van der Waals surface area (Å²) in [5.41, 5.74) is 2.31. The Morgan fingerprint density at radius 2 is 1.65 bits per heavy atom. The van der Waals surface area contributed by atoms with Crippen molar-refractivity contribution in [1.82, 2.24) is 20.4 Å². The van der Waals surface area contributed by atoms with Gasteiger partial charge < -0.3 is 15.5 Å². The number of nitrogens with one attached hydrogen (secondary N) is 2. The van der Waals surface area contributed by atoms with E-state index in [0.29, 0.717) is 12.6 Å². The van der Waals surface area contributed by atoms with Gasteiger partial charge >= 0.3 is 0 Å². The number of likely N-dealkylation sites (N-methyl/N-ethyl adjacent to an activating group) is 1. The number of fused-ring (bicyclic) bond motifs is 1. The average molecular weight is 459 g/mol. The van der Waals surface area contributed by atoms with Crippen LogP contribution in [0, 0.1) is 0 Å². The highest BCUT2D eigenvalue weighted by Crippen LogP contribution is 2.24. The maximum Gasteiger partial charge on any atom is 0.239 e. The summed E-state index contributed by atoms with van der Waals surface area (Å²) in [7, 11) is 2.17. The molecular formula is C28H34N4O2. The van der Waals surface area contributed by atoms with Crippen LogP contribution in [0.3, 0.4) is 0 Å². The van der Waals surface area contributed by atoms with Crippen molar-refractivity contribution in [1.29, 1.82) is 0 Å². The van der Waals surface area contributed by atoms with Crippen molar-refractivity contribution in [3.63, 3.8) is 0 Å². The Balaban J connectivity index is 1.18. The van der Waals surface area contributed by atoms with E-state index < -0.39 is 0 Å². The number of nitrogens with zero attached hydrogens (tertiary/aromatic N) is 2. The Hall–Kier alpha value is -3.22. The molecule has 0 aromatic heterocycles. The van der Waals surface area contributed by atoms with E-state index in [2.05, 4.69) is 57.8 Å². The summed E-state index contributed by atoms with van der Waals surface area (Å²) in [5, 5.41) is 7.88. The number of rotatable bonds is 9. The summed E-state index contributed by atoms with van der Waals surface area (Å²) in [6, 6.07) is 25.0. The van der Waals surface area contributed by atoms with Gasteiger partial charge in [-0.2, -0.15) is 0 Å². The van der Waals surface area contributed by atoms with Crippen molar-refractivity contribution >= 4 is 22.6 Å². The second-order valence-electron chi connectivity index (χ2n) is 9.02. The number of carbonyl (C=O) groups excluding carboxylic acids is 2. The maximum absolute atomic E-state index is 12.4. The van der Waals surface area contributed by atoms with Crippen LogP contribution in [0.4, 0.5) is 0 Å². The fourth-order valence-electron chi connectivity index (χ4n) is 4.65. The lowest BCUT2D eigenvalue weighted by atomic mass is 10.0. The molecule has 0 aliphatic carbocycles. The topological polar surface area (TPSA) is 64.7 Å². The summed E-state index contributed by atoms with van der Waals surface area (Å²) in [5.74, 6) is -0.293. The van der Waals surface area contributed by atoms with E-state index in [1.54, 1.807) is 0 Å². The van der Waals surface area contributed by atoms with Gasteiger partial charge in [-0.25, -0.2) is 0 Å². The van der Waals surface area contributed by atoms with Gasteiger partial charge in [-0.05, 0) is 35.4 Å². The van der Waals surface area contributed by atoms with E-state index in [1.807, 2.05) is 42.5 Å². The van der Waals surface area contributed by atoms with E-state index in [9.17, 15) is 9.59 Å². The molecule has 2 amide bonds. The van der Waals surface area contributed by atoms with Gasteiger partial charge in [-0.1, -0.05) is 72.8 Å². The van der Waals surface area contributed by atoms with Gasteiger partial charge in [0.15, 0.2) is 0 Å². The Morgan fingerprint density at radius 3 is 2.50 bits per heavy atom. The molecule has 0 radical (unpaired) electrons. The fourth-order valence-corrected chi connectivity index (χ4v) is 4.65. The lowest BCUT2D eigenvalue weighted by Crippen LogP contribution is -2.47. The fraction of sp³-hybridized carbons (Fsp3) is 0.357. The van der Waals surface area contributed by atoms with Crippen LogP contribution in [0.5, 0.6) is 0 Å². The van der Waals surface area contributed by atoms with Crippen LogP contribution in [-0.4, -0.2) is 67.9 Å². The number of amides is 2. The summed E-state index contributed by atoms with van der Waals surface area (Å²) >= 11 is 0. The van der Waals surface area contributed by atoms with Crippen molar-refractivity contribution in [2.45, 2.75) is 18.9 Å². The first-order chi connectivity index (χ1) is 16.6. The predicted octanol–water partition coefficient (Wildman–Crippen LogP) is 2.99. The Labute approximate surface area is 201 Å². The Kier molecular flexibility index (Phi) is 8.28. The first-order valence-electron chi connectivity index (χ1n) is 12.1. The molecule has 34 heavy (non-hydrogen) atoms. The lowest BCUT2D eigenvalue weighted by molar-refractivity contribution is -0.125. The van der Waals surface area contributed by atoms with E-state index in [4.69, 9.17) is 0 Å². The third-order valence-corrected chi connectivity index (χ3v) is 6.50. The zero-order chi connectivity index (χ0) is 23.8. The highest BCUT2D eigenvalue weighted by molar-refractivity contribution is 5.91. The molecule has 1 aliphatic rings. The van der Waals surface area contributed by atoms with Crippen molar-refractivity contribution in [2.24, 2.45) is 0 Å². The maximum atomic E-state index is 12.4. The summed E-state index contributed by atoms with van der Waals surface area (Å²) in [6.45, 7) is 4.63. The molecule has 1 atom stereocenters. The molecule has 6 nitrogen and oxygen atoms in total. The molecule has 0 saturated carbocycles. The van der Waals surface area contributed by atoms with Crippen LogP contribution >= 0.6 is 0 Å². The van der Waals surface area contributed by atoms with Gasteiger partial charge in [0.1, 0.15) is 0 Å². The minimum Gasteiger partial charge on any atom is -0.355 e.